The molecule has 0 unspecified atom stereocenters. The number of rotatable bonds is 5. The minimum atomic E-state index is -0.817. The first-order chi connectivity index (χ1) is 15.3. The molecule has 0 heterocycles. The maximum Gasteiger partial charge on any atom is 0.330 e. The Balaban J connectivity index is 1.66. The summed E-state index contributed by atoms with van der Waals surface area (Å²) >= 11 is 0. The molecule has 0 saturated heterocycles. The van der Waals surface area contributed by atoms with Gasteiger partial charge in [-0.3, -0.25) is 4.79 Å². The molecule has 0 aliphatic heterocycles. The Morgan fingerprint density at radius 2 is 1.79 bits per heavy atom. The summed E-state index contributed by atoms with van der Waals surface area (Å²) in [6.45, 7) is 15.7. The Kier molecular flexibility index (Phi) is 5.74. The second kappa shape index (κ2) is 7.82. The molecule has 0 aromatic rings. The third-order valence-electron chi connectivity index (χ3n) is 10.7. The highest BCUT2D eigenvalue weighted by Gasteiger charge is 2.63. The van der Waals surface area contributed by atoms with Crippen LogP contribution in [0.5, 0.6) is 0 Å². The SMILES string of the molecule is C/C(=C\CC[C@H](C)[C@@H]1CC[C@]2(C)C1=CC=C1[C@]3(C)C=CC(=O)C(C)(C)[C@H]3CC[C@]12C)C(=O)O. The van der Waals surface area contributed by atoms with E-state index in [4.69, 9.17) is 5.11 Å². The van der Waals surface area contributed by atoms with Crippen molar-refractivity contribution in [2.24, 2.45) is 39.4 Å². The van der Waals surface area contributed by atoms with Crippen LogP contribution in [0.2, 0.25) is 0 Å². The first-order valence-electron chi connectivity index (χ1n) is 12.9. The minimum absolute atomic E-state index is 0.0711. The quantitative estimate of drug-likeness (QED) is 0.447. The molecule has 4 aliphatic carbocycles. The lowest BCUT2D eigenvalue weighted by Crippen LogP contribution is -2.55. The number of allylic oxidation sites excluding steroid dienone is 7. The average Bonchev–Trinajstić information content (AvgIpc) is 3.09. The van der Waals surface area contributed by atoms with Crippen LogP contribution in [0.4, 0.5) is 0 Å². The molecular formula is C30H42O3. The Labute approximate surface area is 200 Å². The molecule has 0 aromatic carbocycles. The van der Waals surface area contributed by atoms with Crippen LogP contribution in [0, 0.1) is 39.4 Å². The Bertz CT molecular complexity index is 992. The zero-order valence-corrected chi connectivity index (χ0v) is 21.6. The molecule has 180 valence electrons. The van der Waals surface area contributed by atoms with Gasteiger partial charge in [-0.05, 0) is 80.1 Å². The predicted octanol–water partition coefficient (Wildman–Crippen LogP) is 7.30. The topological polar surface area (TPSA) is 54.4 Å². The van der Waals surface area contributed by atoms with Crippen molar-refractivity contribution in [3.8, 4) is 0 Å². The van der Waals surface area contributed by atoms with Crippen molar-refractivity contribution in [2.75, 3.05) is 0 Å². The number of carboxylic acids is 1. The van der Waals surface area contributed by atoms with Crippen molar-refractivity contribution >= 4 is 11.8 Å². The van der Waals surface area contributed by atoms with E-state index in [1.807, 2.05) is 12.2 Å². The van der Waals surface area contributed by atoms with E-state index in [1.54, 1.807) is 12.5 Å². The number of ketones is 1. The normalized spacial score (nSPS) is 40.3. The van der Waals surface area contributed by atoms with Crippen LogP contribution in [0.15, 0.2) is 47.1 Å². The fourth-order valence-corrected chi connectivity index (χ4v) is 8.21. The molecule has 6 atom stereocenters. The smallest absolute Gasteiger partial charge is 0.330 e. The Morgan fingerprint density at radius 3 is 2.45 bits per heavy atom. The van der Waals surface area contributed by atoms with Gasteiger partial charge < -0.3 is 5.11 Å². The number of carbonyl (C=O) groups excluding carboxylic acids is 1. The minimum Gasteiger partial charge on any atom is -0.478 e. The van der Waals surface area contributed by atoms with Crippen LogP contribution < -0.4 is 0 Å². The third kappa shape index (κ3) is 3.36. The molecule has 2 fully saturated rings. The fraction of sp³-hybridized carbons (Fsp3) is 0.667. The van der Waals surface area contributed by atoms with Crippen molar-refractivity contribution in [3.05, 3.63) is 47.1 Å². The van der Waals surface area contributed by atoms with Gasteiger partial charge >= 0.3 is 5.97 Å². The summed E-state index contributed by atoms with van der Waals surface area (Å²) < 4.78 is 0. The van der Waals surface area contributed by atoms with E-state index >= 15 is 0 Å². The summed E-state index contributed by atoms with van der Waals surface area (Å²) in [5.74, 6) is 0.902. The van der Waals surface area contributed by atoms with Crippen molar-refractivity contribution in [1.82, 2.24) is 0 Å². The van der Waals surface area contributed by atoms with Gasteiger partial charge in [0.25, 0.3) is 0 Å². The predicted molar refractivity (Wildman–Crippen MR) is 134 cm³/mol. The molecule has 33 heavy (non-hydrogen) atoms. The zero-order valence-electron chi connectivity index (χ0n) is 21.6. The summed E-state index contributed by atoms with van der Waals surface area (Å²) in [4.78, 5) is 23.8. The van der Waals surface area contributed by atoms with Gasteiger partial charge in [-0.1, -0.05) is 77.0 Å². The first-order valence-corrected chi connectivity index (χ1v) is 12.9. The maximum atomic E-state index is 12.7. The molecule has 1 N–H and O–H groups in total. The lowest BCUT2D eigenvalue weighted by molar-refractivity contribution is -0.132. The molecule has 0 aromatic heterocycles. The highest BCUT2D eigenvalue weighted by molar-refractivity contribution is 5.96. The highest BCUT2D eigenvalue weighted by atomic mass is 16.4. The molecule has 2 saturated carbocycles. The Morgan fingerprint density at radius 1 is 1.12 bits per heavy atom. The van der Waals surface area contributed by atoms with Gasteiger partial charge in [0.15, 0.2) is 5.78 Å². The molecule has 3 nitrogen and oxygen atoms in total. The van der Waals surface area contributed by atoms with Gasteiger partial charge in [0.2, 0.25) is 0 Å². The van der Waals surface area contributed by atoms with E-state index in [2.05, 4.69) is 59.8 Å². The summed E-state index contributed by atoms with van der Waals surface area (Å²) in [6, 6.07) is 0. The van der Waals surface area contributed by atoms with Crippen LogP contribution in [0.25, 0.3) is 0 Å². The van der Waals surface area contributed by atoms with E-state index in [0.717, 1.165) is 25.7 Å². The van der Waals surface area contributed by atoms with Gasteiger partial charge in [-0.15, -0.1) is 0 Å². The van der Waals surface area contributed by atoms with Crippen molar-refractivity contribution in [2.45, 2.75) is 87.0 Å². The number of aliphatic carboxylic acids is 1. The number of hydrogen-bond donors (Lipinski definition) is 1. The third-order valence-corrected chi connectivity index (χ3v) is 10.7. The van der Waals surface area contributed by atoms with Gasteiger partial charge in [-0.25, -0.2) is 4.79 Å². The van der Waals surface area contributed by atoms with Crippen molar-refractivity contribution in [1.29, 1.82) is 0 Å². The maximum absolute atomic E-state index is 12.7. The van der Waals surface area contributed by atoms with Gasteiger partial charge in [-0.2, -0.15) is 0 Å². The second-order valence-electron chi connectivity index (χ2n) is 12.6. The number of hydrogen-bond acceptors (Lipinski definition) is 2. The average molecular weight is 451 g/mol. The fourth-order valence-electron chi connectivity index (χ4n) is 8.21. The highest BCUT2D eigenvalue weighted by Crippen LogP contribution is 2.71. The summed E-state index contributed by atoms with van der Waals surface area (Å²) in [7, 11) is 0. The molecule has 3 heteroatoms. The summed E-state index contributed by atoms with van der Waals surface area (Å²) in [5.41, 5.74) is 3.46. The first kappa shape index (κ1) is 24.2. The Hall–Kier alpha value is -1.90. The van der Waals surface area contributed by atoms with Gasteiger partial charge in [0, 0.05) is 16.4 Å². The largest absolute Gasteiger partial charge is 0.478 e. The number of carboxylic acid groups (broad SMARTS) is 1. The van der Waals surface area contributed by atoms with E-state index < -0.39 is 5.97 Å². The van der Waals surface area contributed by atoms with Crippen LogP contribution in [0.3, 0.4) is 0 Å². The molecule has 0 spiro atoms. The number of fused-ring (bicyclic) bond motifs is 5. The van der Waals surface area contributed by atoms with Crippen LogP contribution in [-0.4, -0.2) is 16.9 Å². The van der Waals surface area contributed by atoms with Gasteiger partial charge in [0.05, 0.1) is 0 Å². The van der Waals surface area contributed by atoms with E-state index in [0.29, 0.717) is 23.3 Å². The molecule has 4 rings (SSSR count). The van der Waals surface area contributed by atoms with Crippen molar-refractivity contribution in [3.63, 3.8) is 0 Å². The molecule has 4 aliphatic rings. The molecular weight excluding hydrogens is 408 g/mol. The lowest BCUT2D eigenvalue weighted by atomic mass is 9.41. The number of carbonyl (C=O) groups is 2. The standard InChI is InChI=1S/C30H42O3/c1-19(9-8-10-20(2)26(32)33)21-13-17-29(6)22(21)11-12-24-28(5)16-15-25(31)27(3,4)23(28)14-18-30(24,29)7/h10-12,15-16,19,21,23H,8-9,13-14,17-18H2,1-7H3,(H,32,33)/b20-10+/t19-,21-,23+,28+,29+,30+/m0/s1. The second-order valence-corrected chi connectivity index (χ2v) is 12.6. The van der Waals surface area contributed by atoms with E-state index in [1.165, 1.54) is 18.4 Å². The van der Waals surface area contributed by atoms with Gasteiger partial charge in [0.1, 0.15) is 0 Å². The zero-order chi connectivity index (χ0) is 24.4. The van der Waals surface area contributed by atoms with E-state index in [-0.39, 0.29) is 27.4 Å². The van der Waals surface area contributed by atoms with Crippen LogP contribution >= 0.6 is 0 Å². The molecule has 0 amide bonds. The van der Waals surface area contributed by atoms with Crippen LogP contribution in [0.1, 0.15) is 87.0 Å². The monoisotopic (exact) mass is 450 g/mol. The summed E-state index contributed by atoms with van der Waals surface area (Å²) in [5, 5.41) is 9.13. The summed E-state index contributed by atoms with van der Waals surface area (Å²) in [6.07, 6.45) is 17.3. The lowest BCUT2D eigenvalue weighted by Gasteiger charge is -2.62. The van der Waals surface area contributed by atoms with Crippen LogP contribution in [-0.2, 0) is 9.59 Å². The molecule has 0 bridgehead atoms. The van der Waals surface area contributed by atoms with E-state index in [9.17, 15) is 9.59 Å². The van der Waals surface area contributed by atoms with Crippen molar-refractivity contribution < 1.29 is 14.7 Å². The molecule has 0 radical (unpaired) electrons.